The minimum absolute atomic E-state index is 0.0974. The van der Waals surface area contributed by atoms with Gasteiger partial charge < -0.3 is 9.32 Å². The van der Waals surface area contributed by atoms with Crippen molar-refractivity contribution in [3.05, 3.63) is 41.6 Å². The summed E-state index contributed by atoms with van der Waals surface area (Å²) in [5, 5.41) is 7.95. The van der Waals surface area contributed by atoms with Crippen LogP contribution in [0, 0.1) is 0 Å². The molecule has 122 valence electrons. The average Bonchev–Trinajstić information content (AvgIpc) is 3.09. The molecule has 1 amide bonds. The van der Waals surface area contributed by atoms with E-state index in [1.165, 1.54) is 5.56 Å². The van der Waals surface area contributed by atoms with Gasteiger partial charge >= 0.3 is 0 Å². The fourth-order valence-electron chi connectivity index (χ4n) is 3.03. The third kappa shape index (κ3) is 3.27. The fourth-order valence-corrected chi connectivity index (χ4v) is 3.03. The Morgan fingerprint density at radius 1 is 1.35 bits per heavy atom. The van der Waals surface area contributed by atoms with Gasteiger partial charge in [-0.3, -0.25) is 9.69 Å². The first kappa shape index (κ1) is 15.7. The maximum atomic E-state index is 12.7. The summed E-state index contributed by atoms with van der Waals surface area (Å²) in [6.07, 6.45) is 1.63. The maximum Gasteiger partial charge on any atom is 0.241 e. The molecule has 1 aromatic carbocycles. The van der Waals surface area contributed by atoms with Crippen molar-refractivity contribution in [1.82, 2.24) is 15.1 Å². The molecule has 0 radical (unpaired) electrons. The number of aryl methyl sites for hydroxylation is 1. The predicted octanol–water partition coefficient (Wildman–Crippen LogP) is 2.04. The fraction of sp³-hybridized carbons (Fsp3) is 0.471. The molecule has 0 aliphatic carbocycles. The van der Waals surface area contributed by atoms with E-state index in [9.17, 15) is 4.79 Å². The van der Waals surface area contributed by atoms with Gasteiger partial charge in [0.1, 0.15) is 0 Å². The number of hydrogen-bond donors (Lipinski definition) is 0. The van der Waals surface area contributed by atoms with Crippen LogP contribution in [0.25, 0.3) is 0 Å². The molecule has 0 saturated carbocycles. The van der Waals surface area contributed by atoms with Crippen LogP contribution in [0.1, 0.15) is 31.2 Å². The van der Waals surface area contributed by atoms with Crippen molar-refractivity contribution in [2.45, 2.75) is 39.3 Å². The van der Waals surface area contributed by atoms with Crippen LogP contribution in [-0.2, 0) is 24.2 Å². The third-order valence-electron chi connectivity index (χ3n) is 4.10. The highest BCUT2D eigenvalue weighted by atomic mass is 16.4. The van der Waals surface area contributed by atoms with E-state index >= 15 is 0 Å². The quantitative estimate of drug-likeness (QED) is 0.845. The van der Waals surface area contributed by atoms with Gasteiger partial charge in [0, 0.05) is 18.2 Å². The topological polar surface area (TPSA) is 62.5 Å². The van der Waals surface area contributed by atoms with E-state index < -0.39 is 0 Å². The number of rotatable bonds is 5. The van der Waals surface area contributed by atoms with Gasteiger partial charge in [0.15, 0.2) is 0 Å². The van der Waals surface area contributed by atoms with Gasteiger partial charge in [0.25, 0.3) is 0 Å². The molecule has 1 aliphatic rings. The first-order chi connectivity index (χ1) is 11.1. The van der Waals surface area contributed by atoms with Gasteiger partial charge in [-0.05, 0) is 32.0 Å². The molecule has 0 bridgehead atoms. The van der Waals surface area contributed by atoms with E-state index in [0.29, 0.717) is 24.9 Å². The van der Waals surface area contributed by atoms with Crippen molar-refractivity contribution < 1.29 is 9.21 Å². The number of aromatic nitrogens is 2. The zero-order valence-electron chi connectivity index (χ0n) is 13.8. The van der Waals surface area contributed by atoms with Gasteiger partial charge in [-0.25, -0.2) is 0 Å². The Bertz CT molecular complexity index is 697. The molecule has 23 heavy (non-hydrogen) atoms. The largest absolute Gasteiger partial charge is 0.424 e. The molecule has 0 unspecified atom stereocenters. The summed E-state index contributed by atoms with van der Waals surface area (Å²) in [5.41, 5.74) is 2.27. The highest BCUT2D eigenvalue weighted by Gasteiger charge is 2.30. The van der Waals surface area contributed by atoms with Crippen molar-refractivity contribution in [2.75, 3.05) is 18.5 Å². The Balaban J connectivity index is 1.64. The molecule has 6 heteroatoms. The molecule has 1 atom stereocenters. The Hall–Kier alpha value is -2.21. The average molecular weight is 314 g/mol. The molecule has 0 fully saturated rings. The number of anilines is 1. The minimum atomic E-state index is 0.0974. The van der Waals surface area contributed by atoms with E-state index in [0.717, 1.165) is 18.5 Å². The van der Waals surface area contributed by atoms with Crippen LogP contribution in [0.15, 0.2) is 28.7 Å². The third-order valence-corrected chi connectivity index (χ3v) is 4.10. The molecule has 0 spiro atoms. The smallest absolute Gasteiger partial charge is 0.241 e. The molecule has 2 heterocycles. The van der Waals surface area contributed by atoms with Crippen LogP contribution in [-0.4, -0.2) is 40.6 Å². The van der Waals surface area contributed by atoms with Crippen LogP contribution in [0.2, 0.25) is 0 Å². The number of fused-ring (bicyclic) bond motifs is 1. The number of carbonyl (C=O) groups is 1. The second-order valence-electron chi connectivity index (χ2n) is 6.06. The maximum absolute atomic E-state index is 12.7. The van der Waals surface area contributed by atoms with Gasteiger partial charge in [-0.15, -0.1) is 10.2 Å². The number of carbonyl (C=O) groups excluding carboxylic acids is 1. The summed E-state index contributed by atoms with van der Waals surface area (Å²) in [6, 6.07) is 8.30. The Morgan fingerprint density at radius 3 is 2.83 bits per heavy atom. The SMILES string of the molecule is CCc1nnc(CN(C)CC(=O)N2c3ccccc3C[C@@H]2C)o1. The number of benzene rings is 1. The van der Waals surface area contributed by atoms with Crippen molar-refractivity contribution in [3.8, 4) is 0 Å². The predicted molar refractivity (Wildman–Crippen MR) is 87.1 cm³/mol. The van der Waals surface area contributed by atoms with Crippen molar-refractivity contribution in [2.24, 2.45) is 0 Å². The lowest BCUT2D eigenvalue weighted by Crippen LogP contribution is -2.42. The lowest BCUT2D eigenvalue weighted by Gasteiger charge is -2.25. The second-order valence-corrected chi connectivity index (χ2v) is 6.06. The standard InChI is InChI=1S/C17H22N4O2/c1-4-15-18-19-16(23-15)10-20(3)11-17(22)21-12(2)9-13-7-5-6-8-14(13)21/h5-8,12H,4,9-11H2,1-3H3/t12-/m0/s1. The number of likely N-dealkylation sites (N-methyl/N-ethyl adjacent to an activating group) is 1. The summed E-state index contributed by atoms with van der Waals surface area (Å²) < 4.78 is 5.50. The van der Waals surface area contributed by atoms with Gasteiger partial charge in [-0.2, -0.15) is 0 Å². The van der Waals surface area contributed by atoms with Crippen LogP contribution in [0.3, 0.4) is 0 Å². The van der Waals surface area contributed by atoms with Gasteiger partial charge in [0.2, 0.25) is 17.7 Å². The van der Waals surface area contributed by atoms with Crippen LogP contribution < -0.4 is 4.90 Å². The van der Waals surface area contributed by atoms with E-state index in [-0.39, 0.29) is 11.9 Å². The normalized spacial score (nSPS) is 16.9. The molecule has 1 aromatic heterocycles. The van der Waals surface area contributed by atoms with Gasteiger partial charge in [0.05, 0.1) is 13.1 Å². The number of amides is 1. The minimum Gasteiger partial charge on any atom is -0.424 e. The lowest BCUT2D eigenvalue weighted by molar-refractivity contribution is -0.119. The summed E-state index contributed by atoms with van der Waals surface area (Å²) in [5.74, 6) is 1.27. The van der Waals surface area contributed by atoms with E-state index in [1.807, 2.05) is 42.0 Å². The lowest BCUT2D eigenvalue weighted by atomic mass is 10.1. The van der Waals surface area contributed by atoms with Crippen molar-refractivity contribution >= 4 is 11.6 Å². The molecule has 2 aromatic rings. The van der Waals surface area contributed by atoms with Crippen molar-refractivity contribution in [3.63, 3.8) is 0 Å². The van der Waals surface area contributed by atoms with E-state index in [1.54, 1.807) is 0 Å². The molecule has 0 N–H and O–H groups in total. The number of hydrogen-bond acceptors (Lipinski definition) is 5. The zero-order valence-corrected chi connectivity index (χ0v) is 13.8. The summed E-state index contributed by atoms with van der Waals surface area (Å²) in [6.45, 7) is 4.85. The first-order valence-electron chi connectivity index (χ1n) is 7.98. The zero-order chi connectivity index (χ0) is 16.4. The summed E-state index contributed by atoms with van der Waals surface area (Å²) >= 11 is 0. The highest BCUT2D eigenvalue weighted by Crippen LogP contribution is 2.31. The molecule has 3 rings (SSSR count). The Labute approximate surface area is 136 Å². The van der Waals surface area contributed by atoms with Crippen LogP contribution in [0.4, 0.5) is 5.69 Å². The van der Waals surface area contributed by atoms with Crippen LogP contribution in [0.5, 0.6) is 0 Å². The number of para-hydroxylation sites is 1. The van der Waals surface area contributed by atoms with E-state index in [4.69, 9.17) is 4.42 Å². The van der Waals surface area contributed by atoms with E-state index in [2.05, 4.69) is 23.2 Å². The second kappa shape index (κ2) is 6.50. The first-order valence-corrected chi connectivity index (χ1v) is 7.98. The van der Waals surface area contributed by atoms with Crippen molar-refractivity contribution in [1.29, 1.82) is 0 Å². The summed E-state index contributed by atoms with van der Waals surface area (Å²) in [7, 11) is 1.89. The van der Waals surface area contributed by atoms with Gasteiger partial charge in [-0.1, -0.05) is 25.1 Å². The Morgan fingerprint density at radius 2 is 2.09 bits per heavy atom. The molecular weight excluding hydrogens is 292 g/mol. The molecular formula is C17H22N4O2. The van der Waals surface area contributed by atoms with Crippen LogP contribution >= 0.6 is 0 Å². The monoisotopic (exact) mass is 314 g/mol. The Kier molecular flexibility index (Phi) is 4.43. The summed E-state index contributed by atoms with van der Waals surface area (Å²) in [4.78, 5) is 16.5. The molecule has 0 saturated heterocycles. The number of nitrogens with zero attached hydrogens (tertiary/aromatic N) is 4. The molecule has 1 aliphatic heterocycles. The molecule has 6 nitrogen and oxygen atoms in total. The highest BCUT2D eigenvalue weighted by molar-refractivity contribution is 5.97.